The molecule has 0 aliphatic rings. The van der Waals surface area contributed by atoms with Gasteiger partial charge in [-0.05, 0) is 51.9 Å². The van der Waals surface area contributed by atoms with Crippen LogP contribution in [-0.4, -0.2) is 26.5 Å². The lowest BCUT2D eigenvalue weighted by Gasteiger charge is -2.17. The molecule has 1 heterocycles. The summed E-state index contributed by atoms with van der Waals surface area (Å²) in [6.07, 6.45) is 0.931. The Morgan fingerprint density at radius 1 is 1.24 bits per heavy atom. The van der Waals surface area contributed by atoms with Crippen molar-refractivity contribution in [3.8, 4) is 11.5 Å². The molecule has 0 spiro atoms. The van der Waals surface area contributed by atoms with Gasteiger partial charge in [0.05, 0.1) is 11.3 Å². The summed E-state index contributed by atoms with van der Waals surface area (Å²) in [6.45, 7) is 7.61. The first-order chi connectivity index (χ1) is 9.99. The van der Waals surface area contributed by atoms with Gasteiger partial charge in [-0.1, -0.05) is 6.07 Å². The van der Waals surface area contributed by atoms with Crippen LogP contribution in [0.15, 0.2) is 24.3 Å². The molecule has 5 nitrogen and oxygen atoms in total. The second kappa shape index (κ2) is 6.63. The zero-order valence-corrected chi connectivity index (χ0v) is 12.8. The molecule has 0 saturated carbocycles. The van der Waals surface area contributed by atoms with E-state index in [-0.39, 0.29) is 17.5 Å². The molecule has 5 heteroatoms. The lowest BCUT2D eigenvalue weighted by atomic mass is 10.1. The Morgan fingerprint density at radius 3 is 2.48 bits per heavy atom. The number of hydrogen-bond acceptors (Lipinski definition) is 4. The lowest BCUT2D eigenvalue weighted by molar-refractivity contribution is 0.415. The second-order valence-corrected chi connectivity index (χ2v) is 5.39. The zero-order chi connectivity index (χ0) is 15.4. The van der Waals surface area contributed by atoms with Gasteiger partial charge in [0.15, 0.2) is 0 Å². The van der Waals surface area contributed by atoms with Crippen LogP contribution in [0, 0.1) is 13.8 Å². The standard InChI is InChI=1S/C16H23N3O2/c1-11-10-12(2)19(18-11)9-5-8-17-13(3)16-14(20)6-4-7-15(16)21/h4,6-7,10,13,17,20-21H,5,8-9H2,1-3H3. The largest absolute Gasteiger partial charge is 0.507 e. The van der Waals surface area contributed by atoms with E-state index in [4.69, 9.17) is 0 Å². The topological polar surface area (TPSA) is 70.3 Å². The van der Waals surface area contributed by atoms with E-state index in [9.17, 15) is 10.2 Å². The van der Waals surface area contributed by atoms with Crippen molar-refractivity contribution in [2.24, 2.45) is 0 Å². The van der Waals surface area contributed by atoms with Crippen LogP contribution in [0.1, 0.15) is 36.3 Å². The fourth-order valence-corrected chi connectivity index (χ4v) is 2.54. The Hall–Kier alpha value is -2.01. The number of phenolic OH excluding ortho intramolecular Hbond substituents is 2. The number of aromatic nitrogens is 2. The predicted molar refractivity (Wildman–Crippen MR) is 82.5 cm³/mol. The predicted octanol–water partition coefficient (Wildman–Crippen LogP) is 2.65. The highest BCUT2D eigenvalue weighted by atomic mass is 16.3. The van der Waals surface area contributed by atoms with Crippen LogP contribution in [-0.2, 0) is 6.54 Å². The Morgan fingerprint density at radius 2 is 1.90 bits per heavy atom. The molecule has 0 fully saturated rings. The monoisotopic (exact) mass is 289 g/mol. The second-order valence-electron chi connectivity index (χ2n) is 5.39. The summed E-state index contributed by atoms with van der Waals surface area (Å²) < 4.78 is 2.00. The van der Waals surface area contributed by atoms with Gasteiger partial charge in [0.2, 0.25) is 0 Å². The quantitative estimate of drug-likeness (QED) is 0.715. The SMILES string of the molecule is Cc1cc(C)n(CCCNC(C)c2c(O)cccc2O)n1. The van der Waals surface area contributed by atoms with Gasteiger partial charge in [-0.3, -0.25) is 4.68 Å². The average Bonchev–Trinajstić information content (AvgIpc) is 2.73. The molecule has 2 aromatic rings. The molecule has 0 aliphatic heterocycles. The summed E-state index contributed by atoms with van der Waals surface area (Å²) in [5.74, 6) is 0.238. The fourth-order valence-electron chi connectivity index (χ4n) is 2.54. The Labute approximate surface area is 125 Å². The molecular weight excluding hydrogens is 266 g/mol. The van der Waals surface area contributed by atoms with Crippen LogP contribution >= 0.6 is 0 Å². The van der Waals surface area contributed by atoms with Gasteiger partial charge in [0, 0.05) is 18.3 Å². The fraction of sp³-hybridized carbons (Fsp3) is 0.438. The molecule has 0 amide bonds. The van der Waals surface area contributed by atoms with Crippen molar-refractivity contribution >= 4 is 0 Å². The van der Waals surface area contributed by atoms with Crippen molar-refractivity contribution in [2.45, 2.75) is 39.8 Å². The molecule has 1 unspecified atom stereocenters. The molecule has 0 saturated heterocycles. The first kappa shape index (κ1) is 15.4. The van der Waals surface area contributed by atoms with Crippen LogP contribution in [0.5, 0.6) is 11.5 Å². The average molecular weight is 289 g/mol. The number of nitrogens with zero attached hydrogens (tertiary/aromatic N) is 2. The van der Waals surface area contributed by atoms with Gasteiger partial charge in [-0.15, -0.1) is 0 Å². The van der Waals surface area contributed by atoms with Crippen LogP contribution in [0.25, 0.3) is 0 Å². The summed E-state index contributed by atoms with van der Waals surface area (Å²) in [6, 6.07) is 6.76. The number of benzene rings is 1. The van der Waals surface area contributed by atoms with Crippen LogP contribution < -0.4 is 5.32 Å². The van der Waals surface area contributed by atoms with E-state index in [0.29, 0.717) is 5.56 Å². The number of rotatable bonds is 6. The third kappa shape index (κ3) is 3.76. The maximum atomic E-state index is 9.82. The number of aryl methyl sites for hydroxylation is 3. The minimum Gasteiger partial charge on any atom is -0.507 e. The van der Waals surface area contributed by atoms with Crippen molar-refractivity contribution in [3.05, 3.63) is 41.2 Å². The lowest BCUT2D eigenvalue weighted by Crippen LogP contribution is -2.21. The van der Waals surface area contributed by atoms with E-state index in [0.717, 1.165) is 25.2 Å². The van der Waals surface area contributed by atoms with Crippen LogP contribution in [0.4, 0.5) is 0 Å². The third-order valence-electron chi connectivity index (χ3n) is 3.59. The zero-order valence-electron chi connectivity index (χ0n) is 12.8. The summed E-state index contributed by atoms with van der Waals surface area (Å²) in [7, 11) is 0. The van der Waals surface area contributed by atoms with Gasteiger partial charge in [0.25, 0.3) is 0 Å². The van der Waals surface area contributed by atoms with E-state index in [2.05, 4.69) is 23.4 Å². The third-order valence-corrected chi connectivity index (χ3v) is 3.59. The molecule has 21 heavy (non-hydrogen) atoms. The molecule has 1 aromatic carbocycles. The summed E-state index contributed by atoms with van der Waals surface area (Å²) >= 11 is 0. The van der Waals surface area contributed by atoms with E-state index in [1.807, 2.05) is 18.5 Å². The highest BCUT2D eigenvalue weighted by Gasteiger charge is 2.14. The van der Waals surface area contributed by atoms with Gasteiger partial charge in [-0.25, -0.2) is 0 Å². The van der Waals surface area contributed by atoms with Gasteiger partial charge < -0.3 is 15.5 Å². The Balaban J connectivity index is 1.85. The van der Waals surface area contributed by atoms with Crippen molar-refractivity contribution < 1.29 is 10.2 Å². The van der Waals surface area contributed by atoms with E-state index >= 15 is 0 Å². The van der Waals surface area contributed by atoms with Crippen LogP contribution in [0.3, 0.4) is 0 Å². The smallest absolute Gasteiger partial charge is 0.124 e. The van der Waals surface area contributed by atoms with Gasteiger partial charge in [0.1, 0.15) is 11.5 Å². The highest BCUT2D eigenvalue weighted by molar-refractivity contribution is 5.44. The minimum atomic E-state index is -0.105. The maximum Gasteiger partial charge on any atom is 0.124 e. The number of nitrogens with one attached hydrogen (secondary N) is 1. The molecule has 1 atom stereocenters. The molecular formula is C16H23N3O2. The van der Waals surface area contributed by atoms with Crippen molar-refractivity contribution in [1.82, 2.24) is 15.1 Å². The van der Waals surface area contributed by atoms with E-state index in [1.165, 1.54) is 5.69 Å². The molecule has 1 aromatic heterocycles. The van der Waals surface area contributed by atoms with Gasteiger partial charge in [-0.2, -0.15) is 5.10 Å². The molecule has 2 rings (SSSR count). The molecule has 0 radical (unpaired) electrons. The minimum absolute atomic E-state index is 0.105. The number of phenols is 2. The van der Waals surface area contributed by atoms with E-state index < -0.39 is 0 Å². The van der Waals surface area contributed by atoms with Crippen molar-refractivity contribution in [2.75, 3.05) is 6.54 Å². The number of aromatic hydroxyl groups is 2. The maximum absolute atomic E-state index is 9.82. The number of hydrogen-bond donors (Lipinski definition) is 3. The summed E-state index contributed by atoms with van der Waals surface area (Å²) in [5.41, 5.74) is 2.75. The Kier molecular flexibility index (Phi) is 4.85. The normalized spacial score (nSPS) is 12.5. The summed E-state index contributed by atoms with van der Waals surface area (Å²) in [5, 5.41) is 27.4. The molecule has 114 valence electrons. The van der Waals surface area contributed by atoms with Gasteiger partial charge >= 0.3 is 0 Å². The van der Waals surface area contributed by atoms with Crippen molar-refractivity contribution in [3.63, 3.8) is 0 Å². The first-order valence-corrected chi connectivity index (χ1v) is 7.24. The Bertz CT molecular complexity index is 587. The van der Waals surface area contributed by atoms with E-state index in [1.54, 1.807) is 18.2 Å². The highest BCUT2D eigenvalue weighted by Crippen LogP contribution is 2.31. The molecule has 0 aliphatic carbocycles. The first-order valence-electron chi connectivity index (χ1n) is 7.24. The van der Waals surface area contributed by atoms with Crippen LogP contribution in [0.2, 0.25) is 0 Å². The molecule has 0 bridgehead atoms. The summed E-state index contributed by atoms with van der Waals surface area (Å²) in [4.78, 5) is 0. The van der Waals surface area contributed by atoms with Crippen molar-refractivity contribution in [1.29, 1.82) is 0 Å². The molecule has 3 N–H and O–H groups in total.